The van der Waals surface area contributed by atoms with Crippen molar-refractivity contribution in [2.75, 3.05) is 5.73 Å². The van der Waals surface area contributed by atoms with E-state index in [1.165, 1.54) is 6.26 Å². The quantitative estimate of drug-likeness (QED) is 0.777. The van der Waals surface area contributed by atoms with E-state index in [0.717, 1.165) is 5.56 Å². The molecule has 0 unspecified atom stereocenters. The third kappa shape index (κ3) is 1.56. The molecule has 0 aliphatic heterocycles. The standard InChI is InChI=1S/C10H10FN3O/c1-5-8(11)9(12)14-10(13-5)7-3-4-15-6(7)2/h3-4H,1-2H3,(H2,12,13,14). The van der Waals surface area contributed by atoms with E-state index >= 15 is 0 Å². The number of hydrogen-bond acceptors (Lipinski definition) is 4. The average Bonchev–Trinajstić information content (AvgIpc) is 2.60. The van der Waals surface area contributed by atoms with Crippen LogP contribution in [0.5, 0.6) is 0 Å². The summed E-state index contributed by atoms with van der Waals surface area (Å²) < 4.78 is 18.3. The molecule has 2 heterocycles. The molecule has 2 aromatic heterocycles. The molecule has 0 fully saturated rings. The summed E-state index contributed by atoms with van der Waals surface area (Å²) in [5.41, 5.74) is 6.38. The van der Waals surface area contributed by atoms with Crippen molar-refractivity contribution < 1.29 is 8.81 Å². The number of rotatable bonds is 1. The first kappa shape index (κ1) is 9.64. The first-order valence-electron chi connectivity index (χ1n) is 4.43. The zero-order valence-electron chi connectivity index (χ0n) is 8.41. The van der Waals surface area contributed by atoms with E-state index in [1.807, 2.05) is 0 Å². The van der Waals surface area contributed by atoms with Crippen molar-refractivity contribution in [3.05, 3.63) is 29.6 Å². The molecule has 0 atom stereocenters. The number of nitrogens with two attached hydrogens (primary N) is 1. The molecular weight excluding hydrogens is 197 g/mol. The number of furan rings is 1. The van der Waals surface area contributed by atoms with Gasteiger partial charge in [0.25, 0.3) is 0 Å². The second kappa shape index (κ2) is 3.34. The maximum absolute atomic E-state index is 13.2. The zero-order valence-corrected chi connectivity index (χ0v) is 8.41. The maximum Gasteiger partial charge on any atom is 0.186 e. The monoisotopic (exact) mass is 207 g/mol. The summed E-state index contributed by atoms with van der Waals surface area (Å²) in [5, 5.41) is 0. The largest absolute Gasteiger partial charge is 0.469 e. The van der Waals surface area contributed by atoms with Crippen molar-refractivity contribution in [3.63, 3.8) is 0 Å². The summed E-state index contributed by atoms with van der Waals surface area (Å²) in [7, 11) is 0. The van der Waals surface area contributed by atoms with Gasteiger partial charge in [-0.3, -0.25) is 0 Å². The Hall–Kier alpha value is -1.91. The summed E-state index contributed by atoms with van der Waals surface area (Å²) in [6.07, 6.45) is 1.53. The van der Waals surface area contributed by atoms with Gasteiger partial charge < -0.3 is 10.2 Å². The van der Waals surface area contributed by atoms with Crippen LogP contribution in [0.4, 0.5) is 10.2 Å². The Kier molecular flexibility index (Phi) is 2.15. The van der Waals surface area contributed by atoms with E-state index < -0.39 is 5.82 Å². The van der Waals surface area contributed by atoms with Crippen LogP contribution in [0.1, 0.15) is 11.5 Å². The second-order valence-electron chi connectivity index (χ2n) is 3.22. The van der Waals surface area contributed by atoms with Crippen LogP contribution in [-0.2, 0) is 0 Å². The molecule has 0 radical (unpaired) electrons. The Morgan fingerprint density at radius 1 is 1.33 bits per heavy atom. The summed E-state index contributed by atoms with van der Waals surface area (Å²) in [5.74, 6) is 0.357. The predicted octanol–water partition coefficient (Wildman–Crippen LogP) is 2.07. The molecule has 2 rings (SSSR count). The highest BCUT2D eigenvalue weighted by Crippen LogP contribution is 2.23. The minimum absolute atomic E-state index is 0.141. The van der Waals surface area contributed by atoms with Gasteiger partial charge >= 0.3 is 0 Å². The Balaban J connectivity index is 2.60. The van der Waals surface area contributed by atoms with E-state index in [4.69, 9.17) is 10.2 Å². The Morgan fingerprint density at radius 3 is 2.60 bits per heavy atom. The SMILES string of the molecule is Cc1nc(-c2ccoc2C)nc(N)c1F. The zero-order chi connectivity index (χ0) is 11.0. The Morgan fingerprint density at radius 2 is 2.07 bits per heavy atom. The van der Waals surface area contributed by atoms with Crippen LogP contribution in [0.15, 0.2) is 16.7 Å². The fourth-order valence-corrected chi connectivity index (χ4v) is 1.32. The lowest BCUT2D eigenvalue weighted by Crippen LogP contribution is -2.02. The molecule has 0 aromatic carbocycles. The van der Waals surface area contributed by atoms with Crippen LogP contribution in [0.25, 0.3) is 11.4 Å². The van der Waals surface area contributed by atoms with Gasteiger partial charge in [0.2, 0.25) is 0 Å². The Bertz CT molecular complexity index is 484. The van der Waals surface area contributed by atoms with Crippen LogP contribution >= 0.6 is 0 Å². The van der Waals surface area contributed by atoms with E-state index in [9.17, 15) is 4.39 Å². The smallest absolute Gasteiger partial charge is 0.186 e. The van der Waals surface area contributed by atoms with Crippen LogP contribution in [0.2, 0.25) is 0 Å². The highest BCUT2D eigenvalue weighted by Gasteiger charge is 2.12. The van der Waals surface area contributed by atoms with Gasteiger partial charge in [0, 0.05) is 0 Å². The molecule has 5 heteroatoms. The topological polar surface area (TPSA) is 64.9 Å². The summed E-state index contributed by atoms with van der Waals surface area (Å²) in [6.45, 7) is 3.33. The Labute approximate surface area is 86.0 Å². The summed E-state index contributed by atoms with van der Waals surface area (Å²) in [6, 6.07) is 1.72. The van der Waals surface area contributed by atoms with Gasteiger partial charge in [0.1, 0.15) is 5.76 Å². The number of halogens is 1. The average molecular weight is 207 g/mol. The minimum atomic E-state index is -0.570. The normalized spacial score (nSPS) is 10.6. The van der Waals surface area contributed by atoms with Gasteiger partial charge in [-0.25, -0.2) is 14.4 Å². The number of aryl methyl sites for hydroxylation is 2. The van der Waals surface area contributed by atoms with Crippen LogP contribution in [0.3, 0.4) is 0 Å². The predicted molar refractivity (Wildman–Crippen MR) is 53.6 cm³/mol. The van der Waals surface area contributed by atoms with Crippen molar-refractivity contribution in [2.24, 2.45) is 0 Å². The molecule has 0 aliphatic carbocycles. The molecule has 4 nitrogen and oxygen atoms in total. The summed E-state index contributed by atoms with van der Waals surface area (Å²) >= 11 is 0. The minimum Gasteiger partial charge on any atom is -0.469 e. The summed E-state index contributed by atoms with van der Waals surface area (Å²) in [4.78, 5) is 7.88. The van der Waals surface area contributed by atoms with Gasteiger partial charge in [0.05, 0.1) is 17.5 Å². The molecule has 2 N–H and O–H groups in total. The second-order valence-corrected chi connectivity index (χ2v) is 3.22. The first-order chi connectivity index (χ1) is 7.09. The van der Waals surface area contributed by atoms with Crippen LogP contribution in [0, 0.1) is 19.7 Å². The van der Waals surface area contributed by atoms with Crippen LogP contribution < -0.4 is 5.73 Å². The number of nitrogens with zero attached hydrogens (tertiary/aromatic N) is 2. The molecule has 2 aromatic rings. The third-order valence-corrected chi connectivity index (χ3v) is 2.14. The molecule has 0 bridgehead atoms. The lowest BCUT2D eigenvalue weighted by molar-refractivity contribution is 0.535. The fourth-order valence-electron chi connectivity index (χ4n) is 1.32. The number of aromatic nitrogens is 2. The van der Waals surface area contributed by atoms with Crippen molar-refractivity contribution in [3.8, 4) is 11.4 Å². The van der Waals surface area contributed by atoms with Crippen molar-refractivity contribution in [1.29, 1.82) is 0 Å². The molecule has 0 spiro atoms. The highest BCUT2D eigenvalue weighted by molar-refractivity contribution is 5.58. The lowest BCUT2D eigenvalue weighted by Gasteiger charge is -2.03. The first-order valence-corrected chi connectivity index (χ1v) is 4.43. The number of nitrogen functional groups attached to an aromatic ring is 1. The molecule has 15 heavy (non-hydrogen) atoms. The molecule has 0 saturated carbocycles. The molecular formula is C10H10FN3O. The van der Waals surface area contributed by atoms with Crippen molar-refractivity contribution in [1.82, 2.24) is 9.97 Å². The van der Waals surface area contributed by atoms with Gasteiger partial charge in [-0.2, -0.15) is 0 Å². The van der Waals surface area contributed by atoms with E-state index in [0.29, 0.717) is 11.6 Å². The highest BCUT2D eigenvalue weighted by atomic mass is 19.1. The molecule has 0 aliphatic rings. The van der Waals surface area contributed by atoms with Gasteiger partial charge in [-0.1, -0.05) is 0 Å². The number of hydrogen-bond donors (Lipinski definition) is 1. The van der Waals surface area contributed by atoms with E-state index in [2.05, 4.69) is 9.97 Å². The van der Waals surface area contributed by atoms with Crippen molar-refractivity contribution in [2.45, 2.75) is 13.8 Å². The molecule has 78 valence electrons. The van der Waals surface area contributed by atoms with E-state index in [1.54, 1.807) is 19.9 Å². The maximum atomic E-state index is 13.2. The van der Waals surface area contributed by atoms with Gasteiger partial charge in [-0.15, -0.1) is 0 Å². The number of anilines is 1. The molecule has 0 saturated heterocycles. The fraction of sp³-hybridized carbons (Fsp3) is 0.200. The van der Waals surface area contributed by atoms with E-state index in [-0.39, 0.29) is 11.5 Å². The van der Waals surface area contributed by atoms with Gasteiger partial charge in [0.15, 0.2) is 17.5 Å². The third-order valence-electron chi connectivity index (χ3n) is 2.14. The van der Waals surface area contributed by atoms with Crippen molar-refractivity contribution >= 4 is 5.82 Å². The lowest BCUT2D eigenvalue weighted by atomic mass is 10.2. The van der Waals surface area contributed by atoms with Gasteiger partial charge in [-0.05, 0) is 19.9 Å². The van der Waals surface area contributed by atoms with Crippen LogP contribution in [-0.4, -0.2) is 9.97 Å². The molecule has 0 amide bonds.